The highest BCUT2D eigenvalue weighted by Gasteiger charge is 2.03. The monoisotopic (exact) mass is 287 g/mol. The second kappa shape index (κ2) is 6.07. The average Bonchev–Trinajstić information content (AvgIpc) is 3.04. The zero-order valence-corrected chi connectivity index (χ0v) is 12.2. The zero-order valence-electron chi connectivity index (χ0n) is 11.4. The van der Waals surface area contributed by atoms with Crippen LogP contribution in [0.25, 0.3) is 4.96 Å². The first kappa shape index (κ1) is 13.1. The Balaban J connectivity index is 1.64. The van der Waals surface area contributed by atoms with E-state index < -0.39 is 0 Å². The second-order valence-corrected chi connectivity index (χ2v) is 5.41. The first-order chi connectivity index (χ1) is 9.85. The molecule has 0 saturated heterocycles. The normalized spacial score (nSPS) is 11.1. The molecular formula is C15H17N3OS. The summed E-state index contributed by atoms with van der Waals surface area (Å²) in [6, 6.07) is 8.17. The molecule has 0 aliphatic heterocycles. The van der Waals surface area contributed by atoms with Crippen LogP contribution in [-0.4, -0.2) is 15.9 Å². The average molecular weight is 287 g/mol. The number of ether oxygens (including phenoxy) is 1. The molecule has 0 atom stereocenters. The van der Waals surface area contributed by atoms with Gasteiger partial charge in [0.25, 0.3) is 0 Å². The largest absolute Gasteiger partial charge is 0.487 e. The molecule has 0 bridgehead atoms. The molecule has 0 aliphatic rings. The first-order valence-corrected chi connectivity index (χ1v) is 7.56. The van der Waals surface area contributed by atoms with Crippen LogP contribution in [0.15, 0.2) is 42.0 Å². The van der Waals surface area contributed by atoms with E-state index in [9.17, 15) is 0 Å². The molecule has 5 heteroatoms. The van der Waals surface area contributed by atoms with E-state index in [2.05, 4.69) is 29.4 Å². The molecule has 3 aromatic rings. The minimum absolute atomic E-state index is 0.499. The van der Waals surface area contributed by atoms with Gasteiger partial charge < -0.3 is 10.1 Å². The standard InChI is InChI=1S/C15H17N3OS/c1-2-16-9-12-4-3-5-14(8-12)19-11-13-10-18-6-7-20-15(18)17-13/h3-8,10,16H,2,9,11H2,1H3. The van der Waals surface area contributed by atoms with Gasteiger partial charge >= 0.3 is 0 Å². The number of hydrogen-bond acceptors (Lipinski definition) is 4. The van der Waals surface area contributed by atoms with E-state index in [0.29, 0.717) is 6.61 Å². The summed E-state index contributed by atoms with van der Waals surface area (Å²) < 4.78 is 7.83. The molecule has 3 rings (SSSR count). The van der Waals surface area contributed by atoms with E-state index in [1.165, 1.54) is 5.56 Å². The number of rotatable bonds is 6. The van der Waals surface area contributed by atoms with Crippen LogP contribution in [0.5, 0.6) is 5.75 Å². The van der Waals surface area contributed by atoms with Crippen LogP contribution in [0.2, 0.25) is 0 Å². The van der Waals surface area contributed by atoms with Gasteiger partial charge in [0.15, 0.2) is 4.96 Å². The predicted octanol–water partition coefficient (Wildman–Crippen LogP) is 3.08. The van der Waals surface area contributed by atoms with Gasteiger partial charge in [-0.2, -0.15) is 0 Å². The quantitative estimate of drug-likeness (QED) is 0.757. The summed E-state index contributed by atoms with van der Waals surface area (Å²) in [4.78, 5) is 5.51. The number of benzene rings is 1. The molecule has 0 unspecified atom stereocenters. The molecule has 104 valence electrons. The molecule has 2 heterocycles. The van der Waals surface area contributed by atoms with Gasteiger partial charge in [-0.3, -0.25) is 4.40 Å². The third kappa shape index (κ3) is 3.00. The van der Waals surface area contributed by atoms with Crippen LogP contribution < -0.4 is 10.1 Å². The SMILES string of the molecule is CCNCc1cccc(OCc2cn3ccsc3n2)c1. The summed E-state index contributed by atoms with van der Waals surface area (Å²) in [5, 5.41) is 5.33. The fourth-order valence-corrected chi connectivity index (χ4v) is 2.74. The van der Waals surface area contributed by atoms with Crippen molar-refractivity contribution >= 4 is 16.3 Å². The number of nitrogens with one attached hydrogen (secondary N) is 1. The molecular weight excluding hydrogens is 270 g/mol. The van der Waals surface area contributed by atoms with Crippen LogP contribution in [-0.2, 0) is 13.2 Å². The van der Waals surface area contributed by atoms with Crippen molar-refractivity contribution in [3.8, 4) is 5.75 Å². The number of aromatic nitrogens is 2. The maximum atomic E-state index is 5.81. The molecule has 0 saturated carbocycles. The second-order valence-electron chi connectivity index (χ2n) is 4.54. The molecule has 0 radical (unpaired) electrons. The minimum Gasteiger partial charge on any atom is -0.487 e. The maximum Gasteiger partial charge on any atom is 0.193 e. The van der Waals surface area contributed by atoms with Crippen molar-refractivity contribution in [3.05, 3.63) is 53.3 Å². The number of imidazole rings is 1. The lowest BCUT2D eigenvalue weighted by Gasteiger charge is -2.07. The third-order valence-electron chi connectivity index (χ3n) is 3.01. The first-order valence-electron chi connectivity index (χ1n) is 6.68. The van der Waals surface area contributed by atoms with E-state index in [4.69, 9.17) is 4.74 Å². The number of nitrogens with zero attached hydrogens (tertiary/aromatic N) is 2. The molecule has 1 aromatic carbocycles. The number of hydrogen-bond donors (Lipinski definition) is 1. The summed E-state index contributed by atoms with van der Waals surface area (Å²) in [7, 11) is 0. The van der Waals surface area contributed by atoms with E-state index in [0.717, 1.165) is 29.5 Å². The van der Waals surface area contributed by atoms with Gasteiger partial charge in [0.2, 0.25) is 0 Å². The van der Waals surface area contributed by atoms with Gasteiger partial charge in [0.1, 0.15) is 12.4 Å². The highest BCUT2D eigenvalue weighted by atomic mass is 32.1. The van der Waals surface area contributed by atoms with Crippen LogP contribution in [0.4, 0.5) is 0 Å². The van der Waals surface area contributed by atoms with Gasteiger partial charge in [0, 0.05) is 24.3 Å². The summed E-state index contributed by atoms with van der Waals surface area (Å²) in [6.07, 6.45) is 4.02. The van der Waals surface area contributed by atoms with Crippen LogP contribution >= 0.6 is 11.3 Å². The van der Waals surface area contributed by atoms with Crippen LogP contribution in [0.3, 0.4) is 0 Å². The molecule has 0 amide bonds. The Labute approximate surface area is 122 Å². The molecule has 20 heavy (non-hydrogen) atoms. The van der Waals surface area contributed by atoms with Crippen molar-refractivity contribution in [1.82, 2.24) is 14.7 Å². The Morgan fingerprint density at radius 3 is 3.20 bits per heavy atom. The molecule has 0 spiro atoms. The van der Waals surface area contributed by atoms with E-state index in [1.807, 2.05) is 34.3 Å². The van der Waals surface area contributed by atoms with Gasteiger partial charge in [-0.05, 0) is 24.2 Å². The zero-order chi connectivity index (χ0) is 13.8. The Hall–Kier alpha value is -1.85. The summed E-state index contributed by atoms with van der Waals surface area (Å²) in [6.45, 7) is 4.44. The fourth-order valence-electron chi connectivity index (χ4n) is 2.02. The molecule has 0 aliphatic carbocycles. The lowest BCUT2D eigenvalue weighted by molar-refractivity contribution is 0.301. The Morgan fingerprint density at radius 1 is 1.40 bits per heavy atom. The smallest absolute Gasteiger partial charge is 0.193 e. The van der Waals surface area contributed by atoms with Crippen molar-refractivity contribution in [3.63, 3.8) is 0 Å². The van der Waals surface area contributed by atoms with Gasteiger partial charge in [-0.25, -0.2) is 4.98 Å². The highest BCUT2D eigenvalue weighted by Crippen LogP contribution is 2.16. The van der Waals surface area contributed by atoms with Crippen LogP contribution in [0.1, 0.15) is 18.2 Å². The van der Waals surface area contributed by atoms with E-state index in [1.54, 1.807) is 11.3 Å². The van der Waals surface area contributed by atoms with E-state index >= 15 is 0 Å². The minimum atomic E-state index is 0.499. The van der Waals surface area contributed by atoms with Crippen LogP contribution in [0, 0.1) is 0 Å². The summed E-state index contributed by atoms with van der Waals surface area (Å²) in [5.41, 5.74) is 2.18. The van der Waals surface area contributed by atoms with Crippen molar-refractivity contribution < 1.29 is 4.74 Å². The molecule has 4 nitrogen and oxygen atoms in total. The Kier molecular flexibility index (Phi) is 3.99. The number of fused-ring (bicyclic) bond motifs is 1. The predicted molar refractivity (Wildman–Crippen MR) is 81.2 cm³/mol. The van der Waals surface area contributed by atoms with Crippen molar-refractivity contribution in [2.24, 2.45) is 0 Å². The molecule has 0 fully saturated rings. The van der Waals surface area contributed by atoms with Gasteiger partial charge in [-0.15, -0.1) is 11.3 Å². The van der Waals surface area contributed by atoms with Crippen molar-refractivity contribution in [1.29, 1.82) is 0 Å². The molecule has 1 N–H and O–H groups in total. The summed E-state index contributed by atoms with van der Waals surface area (Å²) >= 11 is 1.63. The van der Waals surface area contributed by atoms with Gasteiger partial charge in [-0.1, -0.05) is 19.1 Å². The molecule has 2 aromatic heterocycles. The van der Waals surface area contributed by atoms with E-state index in [-0.39, 0.29) is 0 Å². The van der Waals surface area contributed by atoms with Crippen molar-refractivity contribution in [2.45, 2.75) is 20.1 Å². The topological polar surface area (TPSA) is 38.6 Å². The third-order valence-corrected chi connectivity index (χ3v) is 3.78. The number of thiazole rings is 1. The summed E-state index contributed by atoms with van der Waals surface area (Å²) in [5.74, 6) is 0.886. The Morgan fingerprint density at radius 2 is 2.35 bits per heavy atom. The fraction of sp³-hybridized carbons (Fsp3) is 0.267. The lowest BCUT2D eigenvalue weighted by atomic mass is 10.2. The highest BCUT2D eigenvalue weighted by molar-refractivity contribution is 7.15. The lowest BCUT2D eigenvalue weighted by Crippen LogP contribution is -2.11. The van der Waals surface area contributed by atoms with Crippen molar-refractivity contribution in [2.75, 3.05) is 6.54 Å². The maximum absolute atomic E-state index is 5.81. The Bertz CT molecular complexity index is 661. The van der Waals surface area contributed by atoms with Gasteiger partial charge in [0.05, 0.1) is 5.69 Å².